The molecule has 0 amide bonds. The van der Waals surface area contributed by atoms with Gasteiger partial charge in [-0.3, -0.25) is 13.9 Å². The SMILES string of the molecule is Cn1c(N2CCOCC2c2nnc(-c3ccccc3)o2)c(C#N)c(=O)n(C)c1=O. The number of hydrogen-bond donors (Lipinski definition) is 0. The van der Waals surface area contributed by atoms with Crippen molar-refractivity contribution in [3.63, 3.8) is 0 Å². The van der Waals surface area contributed by atoms with Crippen LogP contribution in [0.1, 0.15) is 17.5 Å². The first-order valence-corrected chi connectivity index (χ1v) is 8.96. The predicted molar refractivity (Wildman–Crippen MR) is 102 cm³/mol. The number of nitrogens with zero attached hydrogens (tertiary/aromatic N) is 6. The van der Waals surface area contributed by atoms with Crippen molar-refractivity contribution in [3.8, 4) is 17.5 Å². The summed E-state index contributed by atoms with van der Waals surface area (Å²) in [5, 5.41) is 17.8. The number of morpholine rings is 1. The van der Waals surface area contributed by atoms with Crippen LogP contribution >= 0.6 is 0 Å². The third kappa shape index (κ3) is 3.11. The fourth-order valence-corrected chi connectivity index (χ4v) is 3.40. The molecule has 2 aromatic heterocycles. The first kappa shape index (κ1) is 18.6. The van der Waals surface area contributed by atoms with E-state index in [1.54, 1.807) is 4.90 Å². The van der Waals surface area contributed by atoms with Gasteiger partial charge in [-0.05, 0) is 12.1 Å². The van der Waals surface area contributed by atoms with Crippen molar-refractivity contribution in [2.75, 3.05) is 24.7 Å². The van der Waals surface area contributed by atoms with Crippen LogP contribution in [0.4, 0.5) is 5.82 Å². The van der Waals surface area contributed by atoms with Crippen molar-refractivity contribution in [2.24, 2.45) is 14.1 Å². The lowest BCUT2D eigenvalue weighted by Crippen LogP contribution is -2.47. The molecule has 29 heavy (non-hydrogen) atoms. The first-order valence-electron chi connectivity index (χ1n) is 8.96. The Morgan fingerprint density at radius 3 is 2.62 bits per heavy atom. The second-order valence-electron chi connectivity index (χ2n) is 6.61. The molecule has 1 aliphatic heterocycles. The summed E-state index contributed by atoms with van der Waals surface area (Å²) in [6, 6.07) is 10.7. The Morgan fingerprint density at radius 1 is 1.14 bits per heavy atom. The maximum atomic E-state index is 12.5. The molecule has 10 heteroatoms. The lowest BCUT2D eigenvalue weighted by Gasteiger charge is -2.36. The molecule has 0 bridgehead atoms. The van der Waals surface area contributed by atoms with Gasteiger partial charge in [0.25, 0.3) is 5.56 Å². The fourth-order valence-electron chi connectivity index (χ4n) is 3.40. The number of anilines is 1. The molecule has 1 saturated heterocycles. The summed E-state index contributed by atoms with van der Waals surface area (Å²) in [7, 11) is 2.86. The summed E-state index contributed by atoms with van der Waals surface area (Å²) in [6.07, 6.45) is 0. The van der Waals surface area contributed by atoms with Crippen molar-refractivity contribution in [2.45, 2.75) is 6.04 Å². The van der Waals surface area contributed by atoms with E-state index in [0.29, 0.717) is 19.0 Å². The van der Waals surface area contributed by atoms with E-state index < -0.39 is 17.3 Å². The average Bonchev–Trinajstić information content (AvgIpc) is 3.25. The Morgan fingerprint density at radius 2 is 1.90 bits per heavy atom. The molecule has 0 aliphatic carbocycles. The molecule has 1 aromatic carbocycles. The van der Waals surface area contributed by atoms with E-state index in [-0.39, 0.29) is 23.9 Å². The summed E-state index contributed by atoms with van der Waals surface area (Å²) in [5.74, 6) is 0.846. The maximum absolute atomic E-state index is 12.5. The molecular formula is C19H18N6O4. The first-order chi connectivity index (χ1) is 14.0. The van der Waals surface area contributed by atoms with Crippen LogP contribution in [0.3, 0.4) is 0 Å². The lowest BCUT2D eigenvalue weighted by atomic mass is 10.2. The minimum Gasteiger partial charge on any atom is -0.418 e. The van der Waals surface area contributed by atoms with Gasteiger partial charge >= 0.3 is 5.69 Å². The lowest BCUT2D eigenvalue weighted by molar-refractivity contribution is 0.0852. The van der Waals surface area contributed by atoms with E-state index in [9.17, 15) is 14.9 Å². The van der Waals surface area contributed by atoms with Crippen LogP contribution < -0.4 is 16.1 Å². The summed E-state index contributed by atoms with van der Waals surface area (Å²) in [4.78, 5) is 26.7. The third-order valence-corrected chi connectivity index (χ3v) is 4.89. The predicted octanol–water partition coefficient (Wildman–Crippen LogP) is 0.584. The molecule has 0 spiro atoms. The summed E-state index contributed by atoms with van der Waals surface area (Å²) in [6.45, 7) is 0.929. The number of benzene rings is 1. The van der Waals surface area contributed by atoms with Crippen LogP contribution in [0.5, 0.6) is 0 Å². The molecule has 1 unspecified atom stereocenters. The monoisotopic (exact) mass is 394 g/mol. The van der Waals surface area contributed by atoms with E-state index in [0.717, 1.165) is 10.1 Å². The molecule has 148 valence electrons. The number of nitriles is 1. The van der Waals surface area contributed by atoms with Crippen LogP contribution in [0.2, 0.25) is 0 Å². The summed E-state index contributed by atoms with van der Waals surface area (Å²) >= 11 is 0. The molecule has 0 saturated carbocycles. The molecule has 3 aromatic rings. The Hall–Kier alpha value is -3.71. The van der Waals surface area contributed by atoms with Gasteiger partial charge in [0.05, 0.1) is 13.2 Å². The summed E-state index contributed by atoms with van der Waals surface area (Å²) < 4.78 is 13.6. The van der Waals surface area contributed by atoms with Crippen LogP contribution in [-0.4, -0.2) is 39.1 Å². The molecule has 0 N–H and O–H groups in total. The largest absolute Gasteiger partial charge is 0.418 e. The zero-order chi connectivity index (χ0) is 20.5. The van der Waals surface area contributed by atoms with Crippen molar-refractivity contribution in [1.29, 1.82) is 5.26 Å². The van der Waals surface area contributed by atoms with E-state index in [1.165, 1.54) is 18.7 Å². The van der Waals surface area contributed by atoms with E-state index in [1.807, 2.05) is 36.4 Å². The van der Waals surface area contributed by atoms with Crippen molar-refractivity contribution in [3.05, 3.63) is 62.6 Å². The van der Waals surface area contributed by atoms with Gasteiger partial charge in [-0.15, -0.1) is 10.2 Å². The molecule has 1 fully saturated rings. The molecular weight excluding hydrogens is 376 g/mol. The Balaban J connectivity index is 1.81. The van der Waals surface area contributed by atoms with Gasteiger partial charge in [-0.1, -0.05) is 18.2 Å². The molecule has 4 rings (SSSR count). The average molecular weight is 394 g/mol. The minimum atomic E-state index is -0.647. The zero-order valence-corrected chi connectivity index (χ0v) is 15.9. The molecule has 0 radical (unpaired) electrons. The van der Waals surface area contributed by atoms with Crippen molar-refractivity contribution in [1.82, 2.24) is 19.3 Å². The Bertz CT molecular complexity index is 1200. The maximum Gasteiger partial charge on any atom is 0.332 e. The third-order valence-electron chi connectivity index (χ3n) is 4.89. The molecule has 3 heterocycles. The smallest absolute Gasteiger partial charge is 0.332 e. The Labute approximate surface area is 165 Å². The van der Waals surface area contributed by atoms with E-state index in [2.05, 4.69) is 10.2 Å². The number of aromatic nitrogens is 4. The van der Waals surface area contributed by atoms with Gasteiger partial charge in [0, 0.05) is 26.2 Å². The molecule has 1 aliphatic rings. The normalized spacial score (nSPS) is 16.6. The van der Waals surface area contributed by atoms with Gasteiger partial charge < -0.3 is 14.1 Å². The quantitative estimate of drug-likeness (QED) is 0.633. The van der Waals surface area contributed by atoms with Gasteiger partial charge in [0.1, 0.15) is 17.9 Å². The highest BCUT2D eigenvalue weighted by molar-refractivity contribution is 5.55. The van der Waals surface area contributed by atoms with Gasteiger partial charge in [-0.2, -0.15) is 5.26 Å². The number of rotatable bonds is 3. The van der Waals surface area contributed by atoms with Crippen molar-refractivity contribution >= 4 is 5.82 Å². The number of hydrogen-bond acceptors (Lipinski definition) is 8. The van der Waals surface area contributed by atoms with Crippen molar-refractivity contribution < 1.29 is 9.15 Å². The van der Waals surface area contributed by atoms with Crippen LogP contribution in [0, 0.1) is 11.3 Å². The van der Waals surface area contributed by atoms with Gasteiger partial charge in [-0.25, -0.2) is 4.79 Å². The summed E-state index contributed by atoms with van der Waals surface area (Å²) in [5.41, 5.74) is -0.520. The highest BCUT2D eigenvalue weighted by Gasteiger charge is 2.34. The highest BCUT2D eigenvalue weighted by atomic mass is 16.5. The van der Waals surface area contributed by atoms with Crippen LogP contribution in [-0.2, 0) is 18.8 Å². The fraction of sp³-hybridized carbons (Fsp3) is 0.316. The highest BCUT2D eigenvalue weighted by Crippen LogP contribution is 2.31. The standard InChI is InChI=1S/C19H18N6O4/c1-23-17(13(10-20)18(26)24(2)19(23)27)25-8-9-28-11-14(25)16-22-21-15(29-16)12-6-4-3-5-7-12/h3-7,14H,8-9,11H2,1-2H3. The topological polar surface area (TPSA) is 119 Å². The number of ether oxygens (including phenoxy) is 1. The van der Waals surface area contributed by atoms with E-state index in [4.69, 9.17) is 9.15 Å². The van der Waals surface area contributed by atoms with E-state index >= 15 is 0 Å². The van der Waals surface area contributed by atoms with Gasteiger partial charge in [0.2, 0.25) is 11.8 Å². The molecule has 1 atom stereocenters. The van der Waals surface area contributed by atoms with Gasteiger partial charge in [0.15, 0.2) is 5.56 Å². The van der Waals surface area contributed by atoms with Crippen LogP contribution in [0.15, 0.2) is 44.3 Å². The molecule has 10 nitrogen and oxygen atoms in total. The second-order valence-corrected chi connectivity index (χ2v) is 6.61. The zero-order valence-electron chi connectivity index (χ0n) is 15.9. The second kappa shape index (κ2) is 7.37. The minimum absolute atomic E-state index is 0.121. The van der Waals surface area contributed by atoms with Crippen LogP contribution in [0.25, 0.3) is 11.5 Å². The Kier molecular flexibility index (Phi) is 4.74.